The Morgan fingerprint density at radius 1 is 1.43 bits per heavy atom. The third-order valence-electron chi connectivity index (χ3n) is 4.06. The molecule has 0 aliphatic heterocycles. The van der Waals surface area contributed by atoms with Gasteiger partial charge in [0.1, 0.15) is 5.56 Å². The fourth-order valence-electron chi connectivity index (χ4n) is 2.54. The summed E-state index contributed by atoms with van der Waals surface area (Å²) >= 11 is 0. The number of nitro groups is 1. The van der Waals surface area contributed by atoms with Gasteiger partial charge >= 0.3 is 0 Å². The highest BCUT2D eigenvalue weighted by atomic mass is 16.6. The third-order valence-corrected chi connectivity index (χ3v) is 4.06. The van der Waals surface area contributed by atoms with Gasteiger partial charge in [-0.2, -0.15) is 0 Å². The van der Waals surface area contributed by atoms with Crippen LogP contribution in [-0.4, -0.2) is 23.9 Å². The van der Waals surface area contributed by atoms with E-state index in [1.807, 2.05) is 6.92 Å². The van der Waals surface area contributed by atoms with Crippen LogP contribution in [0.2, 0.25) is 0 Å². The lowest BCUT2D eigenvalue weighted by Crippen LogP contribution is -2.40. The number of carbonyl (C=O) groups is 1. The molecule has 0 radical (unpaired) electrons. The number of nitrogens with zero attached hydrogens (tertiary/aromatic N) is 1. The molecule has 0 spiro atoms. The Morgan fingerprint density at radius 2 is 2.14 bits per heavy atom. The minimum Gasteiger partial charge on any atom is -0.385 e. The summed E-state index contributed by atoms with van der Waals surface area (Å²) < 4.78 is 0. The molecular weight excluding hydrogens is 270 g/mol. The van der Waals surface area contributed by atoms with Gasteiger partial charge in [0.05, 0.1) is 4.92 Å². The predicted octanol–water partition coefficient (Wildman–Crippen LogP) is 2.95. The van der Waals surface area contributed by atoms with Crippen molar-refractivity contribution >= 4 is 17.3 Å². The number of anilines is 1. The molecule has 6 heteroatoms. The van der Waals surface area contributed by atoms with Gasteiger partial charge in [-0.1, -0.05) is 13.3 Å². The molecule has 1 aromatic carbocycles. The van der Waals surface area contributed by atoms with Crippen LogP contribution in [-0.2, 0) is 0 Å². The number of rotatable bonds is 6. The molecule has 21 heavy (non-hydrogen) atoms. The molecule has 0 unspecified atom stereocenters. The standard InChI is InChI=1S/C15H21N3O3/c1-3-16-11-5-6-13(18(20)21)12(9-11)14(19)17-10-15(2)7-4-8-15/h5-6,9,16H,3-4,7-8,10H2,1-2H3,(H,17,19). The summed E-state index contributed by atoms with van der Waals surface area (Å²) in [5.41, 5.74) is 0.807. The van der Waals surface area contributed by atoms with E-state index in [1.165, 1.54) is 12.5 Å². The van der Waals surface area contributed by atoms with Crippen LogP contribution in [0.15, 0.2) is 18.2 Å². The van der Waals surface area contributed by atoms with E-state index in [4.69, 9.17) is 0 Å². The number of hydrogen-bond acceptors (Lipinski definition) is 4. The lowest BCUT2D eigenvalue weighted by atomic mass is 9.70. The molecule has 0 heterocycles. The number of nitro benzene ring substituents is 1. The highest BCUT2D eigenvalue weighted by molar-refractivity contribution is 5.99. The Kier molecular flexibility index (Phi) is 4.45. The Morgan fingerprint density at radius 3 is 2.67 bits per heavy atom. The van der Waals surface area contributed by atoms with E-state index < -0.39 is 4.92 Å². The van der Waals surface area contributed by atoms with Crippen LogP contribution in [0.3, 0.4) is 0 Å². The van der Waals surface area contributed by atoms with Gasteiger partial charge in [-0.15, -0.1) is 0 Å². The van der Waals surface area contributed by atoms with Crippen molar-refractivity contribution in [2.45, 2.75) is 33.1 Å². The van der Waals surface area contributed by atoms with Crippen LogP contribution in [0, 0.1) is 15.5 Å². The zero-order valence-corrected chi connectivity index (χ0v) is 12.4. The quantitative estimate of drug-likeness (QED) is 0.623. The molecule has 2 rings (SSSR count). The maximum Gasteiger partial charge on any atom is 0.282 e. The summed E-state index contributed by atoms with van der Waals surface area (Å²) in [4.78, 5) is 22.8. The van der Waals surface area contributed by atoms with Crippen molar-refractivity contribution in [3.05, 3.63) is 33.9 Å². The molecule has 0 aromatic heterocycles. The molecule has 1 fully saturated rings. The summed E-state index contributed by atoms with van der Waals surface area (Å²) in [7, 11) is 0. The summed E-state index contributed by atoms with van der Waals surface area (Å²) in [5.74, 6) is -0.380. The van der Waals surface area contributed by atoms with Gasteiger partial charge in [0, 0.05) is 24.8 Å². The maximum absolute atomic E-state index is 12.3. The Balaban J connectivity index is 2.16. The van der Waals surface area contributed by atoms with Crippen molar-refractivity contribution in [3.63, 3.8) is 0 Å². The number of hydrogen-bond donors (Lipinski definition) is 2. The number of amides is 1. The van der Waals surface area contributed by atoms with Crippen LogP contribution in [0.5, 0.6) is 0 Å². The number of carbonyl (C=O) groups excluding carboxylic acids is 1. The molecule has 1 aliphatic rings. The first-order chi connectivity index (χ1) is 9.95. The summed E-state index contributed by atoms with van der Waals surface area (Å²) in [6.07, 6.45) is 3.36. The third kappa shape index (κ3) is 3.51. The largest absolute Gasteiger partial charge is 0.385 e. The van der Waals surface area contributed by atoms with Crippen LogP contribution >= 0.6 is 0 Å². The molecule has 0 atom stereocenters. The van der Waals surface area contributed by atoms with E-state index >= 15 is 0 Å². The summed E-state index contributed by atoms with van der Waals surface area (Å²) in [6.45, 7) is 5.31. The first-order valence-electron chi connectivity index (χ1n) is 7.26. The van der Waals surface area contributed by atoms with Crippen molar-refractivity contribution in [1.82, 2.24) is 5.32 Å². The average Bonchev–Trinajstić information content (AvgIpc) is 2.42. The van der Waals surface area contributed by atoms with Gasteiger partial charge < -0.3 is 10.6 Å². The molecule has 1 aliphatic carbocycles. The van der Waals surface area contributed by atoms with Gasteiger partial charge in [-0.05, 0) is 37.3 Å². The molecule has 2 N–H and O–H groups in total. The predicted molar refractivity (Wildman–Crippen MR) is 81.6 cm³/mol. The van der Waals surface area contributed by atoms with E-state index in [9.17, 15) is 14.9 Å². The second-order valence-electron chi connectivity index (χ2n) is 5.87. The highest BCUT2D eigenvalue weighted by Gasteiger charge is 2.32. The van der Waals surface area contributed by atoms with Gasteiger partial charge in [-0.25, -0.2) is 0 Å². The SMILES string of the molecule is CCNc1ccc([N+](=O)[O-])c(C(=O)NCC2(C)CCC2)c1. The molecule has 1 aromatic rings. The fraction of sp³-hybridized carbons (Fsp3) is 0.533. The summed E-state index contributed by atoms with van der Waals surface area (Å²) in [6, 6.07) is 4.53. The Hall–Kier alpha value is -2.11. The first-order valence-corrected chi connectivity index (χ1v) is 7.26. The molecular formula is C15H21N3O3. The highest BCUT2D eigenvalue weighted by Crippen LogP contribution is 2.39. The van der Waals surface area contributed by atoms with E-state index in [0.717, 1.165) is 12.8 Å². The average molecular weight is 291 g/mol. The van der Waals surface area contributed by atoms with Crippen molar-refractivity contribution in [2.75, 3.05) is 18.4 Å². The fourth-order valence-corrected chi connectivity index (χ4v) is 2.54. The van der Waals surface area contributed by atoms with Gasteiger partial charge in [-0.3, -0.25) is 14.9 Å². The van der Waals surface area contributed by atoms with Crippen molar-refractivity contribution in [2.24, 2.45) is 5.41 Å². The number of benzene rings is 1. The van der Waals surface area contributed by atoms with E-state index in [-0.39, 0.29) is 22.6 Å². The second kappa shape index (κ2) is 6.11. The first kappa shape index (κ1) is 15.3. The maximum atomic E-state index is 12.3. The van der Waals surface area contributed by atoms with Gasteiger partial charge in [0.15, 0.2) is 0 Å². The Labute approximate surface area is 124 Å². The minimum absolute atomic E-state index is 0.112. The minimum atomic E-state index is -0.518. The van der Waals surface area contributed by atoms with Gasteiger partial charge in [0.2, 0.25) is 0 Å². The zero-order chi connectivity index (χ0) is 15.5. The van der Waals surface area contributed by atoms with Crippen LogP contribution in [0.25, 0.3) is 0 Å². The zero-order valence-electron chi connectivity index (χ0n) is 12.4. The van der Waals surface area contributed by atoms with Crippen molar-refractivity contribution in [1.29, 1.82) is 0 Å². The van der Waals surface area contributed by atoms with Crippen LogP contribution < -0.4 is 10.6 Å². The van der Waals surface area contributed by atoms with Gasteiger partial charge in [0.25, 0.3) is 11.6 Å². The van der Waals surface area contributed by atoms with Crippen LogP contribution in [0.1, 0.15) is 43.5 Å². The Bertz CT molecular complexity index is 553. The van der Waals surface area contributed by atoms with Crippen molar-refractivity contribution in [3.8, 4) is 0 Å². The van der Waals surface area contributed by atoms with Crippen molar-refractivity contribution < 1.29 is 9.72 Å². The van der Waals surface area contributed by atoms with E-state index in [0.29, 0.717) is 18.8 Å². The molecule has 1 amide bonds. The molecule has 114 valence electrons. The lowest BCUT2D eigenvalue weighted by molar-refractivity contribution is -0.385. The lowest BCUT2D eigenvalue weighted by Gasteiger charge is -2.38. The molecule has 1 saturated carbocycles. The monoisotopic (exact) mass is 291 g/mol. The smallest absolute Gasteiger partial charge is 0.282 e. The molecule has 0 saturated heterocycles. The molecule has 0 bridgehead atoms. The van der Waals surface area contributed by atoms with E-state index in [1.54, 1.807) is 12.1 Å². The van der Waals surface area contributed by atoms with E-state index in [2.05, 4.69) is 17.6 Å². The molecule has 6 nitrogen and oxygen atoms in total. The second-order valence-corrected chi connectivity index (χ2v) is 5.87. The van der Waals surface area contributed by atoms with Crippen LogP contribution in [0.4, 0.5) is 11.4 Å². The number of nitrogens with one attached hydrogen (secondary N) is 2. The summed E-state index contributed by atoms with van der Waals surface area (Å²) in [5, 5.41) is 17.0. The topological polar surface area (TPSA) is 84.3 Å². The normalized spacial score (nSPS) is 15.9.